The zero-order valence-corrected chi connectivity index (χ0v) is 15.8. The average Bonchev–Trinajstić information content (AvgIpc) is 2.92. The predicted molar refractivity (Wildman–Crippen MR) is 95.7 cm³/mol. The minimum absolute atomic E-state index is 0. The van der Waals surface area contributed by atoms with Crippen molar-refractivity contribution in [1.82, 2.24) is 9.80 Å². The van der Waals surface area contributed by atoms with Gasteiger partial charge in [-0.15, -0.1) is 12.4 Å². The van der Waals surface area contributed by atoms with Crippen LogP contribution in [0.1, 0.15) is 12.5 Å². The van der Waals surface area contributed by atoms with Crippen LogP contribution in [0.15, 0.2) is 28.7 Å². The molecular formula is C16H23BrClN3O2. The van der Waals surface area contributed by atoms with Gasteiger partial charge in [-0.1, -0.05) is 28.1 Å². The summed E-state index contributed by atoms with van der Waals surface area (Å²) >= 11 is 3.41. The zero-order valence-electron chi connectivity index (χ0n) is 13.4. The Labute approximate surface area is 151 Å². The Morgan fingerprint density at radius 3 is 2.61 bits per heavy atom. The number of rotatable bonds is 2. The number of nitrogens with zero attached hydrogens (tertiary/aromatic N) is 2. The van der Waals surface area contributed by atoms with E-state index in [0.717, 1.165) is 23.2 Å². The van der Waals surface area contributed by atoms with Crippen LogP contribution in [0.5, 0.6) is 0 Å². The standard InChI is InChI=1S/C16H22BrN3O2.ClH/c1-16(18,11-3-5-12(17)6-4-11)15(21)20-9-13-14(10-20)22-8-7-19(13)2;/h3-6,13-14H,7-10,18H2,1-2H3;1H. The van der Waals surface area contributed by atoms with Crippen molar-refractivity contribution in [2.45, 2.75) is 24.6 Å². The summed E-state index contributed by atoms with van der Waals surface area (Å²) in [5.41, 5.74) is 6.18. The summed E-state index contributed by atoms with van der Waals surface area (Å²) < 4.78 is 6.78. The lowest BCUT2D eigenvalue weighted by Gasteiger charge is -2.33. The largest absolute Gasteiger partial charge is 0.373 e. The summed E-state index contributed by atoms with van der Waals surface area (Å²) in [6, 6.07) is 7.89. The highest BCUT2D eigenvalue weighted by Gasteiger charge is 2.44. The van der Waals surface area contributed by atoms with E-state index in [0.29, 0.717) is 13.1 Å². The van der Waals surface area contributed by atoms with Crippen LogP contribution in [0.25, 0.3) is 0 Å². The molecule has 3 atom stereocenters. The van der Waals surface area contributed by atoms with E-state index in [4.69, 9.17) is 10.5 Å². The molecule has 3 unspecified atom stereocenters. The molecule has 1 aromatic carbocycles. The number of halogens is 2. The van der Waals surface area contributed by atoms with Crippen molar-refractivity contribution in [3.63, 3.8) is 0 Å². The van der Waals surface area contributed by atoms with Gasteiger partial charge in [0.1, 0.15) is 5.54 Å². The van der Waals surface area contributed by atoms with Gasteiger partial charge in [0.05, 0.1) is 18.8 Å². The number of hydrogen-bond donors (Lipinski definition) is 1. The minimum Gasteiger partial charge on any atom is -0.373 e. The summed E-state index contributed by atoms with van der Waals surface area (Å²) in [5, 5.41) is 0. The van der Waals surface area contributed by atoms with Gasteiger partial charge in [-0.25, -0.2) is 0 Å². The molecule has 2 fully saturated rings. The normalized spacial score (nSPS) is 27.0. The lowest BCUT2D eigenvalue weighted by Crippen LogP contribution is -2.51. The molecule has 0 bridgehead atoms. The topological polar surface area (TPSA) is 58.8 Å². The highest BCUT2D eigenvalue weighted by atomic mass is 79.9. The molecule has 2 aliphatic rings. The van der Waals surface area contributed by atoms with Crippen molar-refractivity contribution < 1.29 is 9.53 Å². The van der Waals surface area contributed by atoms with E-state index in [9.17, 15) is 4.79 Å². The van der Waals surface area contributed by atoms with E-state index >= 15 is 0 Å². The van der Waals surface area contributed by atoms with E-state index in [1.54, 1.807) is 6.92 Å². The molecule has 2 heterocycles. The number of hydrogen-bond acceptors (Lipinski definition) is 4. The smallest absolute Gasteiger partial charge is 0.247 e. The summed E-state index contributed by atoms with van der Waals surface area (Å²) in [4.78, 5) is 17.0. The van der Waals surface area contributed by atoms with Gasteiger partial charge in [-0.2, -0.15) is 0 Å². The fraction of sp³-hybridized carbons (Fsp3) is 0.562. The van der Waals surface area contributed by atoms with Crippen LogP contribution in [-0.4, -0.2) is 61.1 Å². The van der Waals surface area contributed by atoms with Crippen LogP contribution in [0, 0.1) is 0 Å². The molecule has 0 radical (unpaired) electrons. The second kappa shape index (κ2) is 7.07. The van der Waals surface area contributed by atoms with Crippen LogP contribution in [0.4, 0.5) is 0 Å². The number of nitrogens with two attached hydrogens (primary N) is 1. The molecule has 23 heavy (non-hydrogen) atoms. The molecule has 3 rings (SSSR count). The molecule has 128 valence electrons. The Morgan fingerprint density at radius 2 is 2.00 bits per heavy atom. The lowest BCUT2D eigenvalue weighted by molar-refractivity contribution is -0.136. The third kappa shape index (κ3) is 3.56. The molecule has 0 aromatic heterocycles. The van der Waals surface area contributed by atoms with Crippen molar-refractivity contribution in [3.8, 4) is 0 Å². The fourth-order valence-corrected chi connectivity index (χ4v) is 3.54. The van der Waals surface area contributed by atoms with Crippen LogP contribution in [-0.2, 0) is 15.1 Å². The van der Waals surface area contributed by atoms with Gasteiger partial charge in [0.25, 0.3) is 0 Å². The monoisotopic (exact) mass is 403 g/mol. The summed E-state index contributed by atoms with van der Waals surface area (Å²) in [5.74, 6) is -0.0405. The van der Waals surface area contributed by atoms with Gasteiger partial charge in [0, 0.05) is 24.1 Å². The highest BCUT2D eigenvalue weighted by Crippen LogP contribution is 2.27. The number of likely N-dealkylation sites (N-methyl/N-ethyl adjacent to an activating group) is 1. The zero-order chi connectivity index (χ0) is 15.9. The Kier molecular flexibility index (Phi) is 5.74. The first-order valence-corrected chi connectivity index (χ1v) is 8.35. The maximum Gasteiger partial charge on any atom is 0.247 e. The van der Waals surface area contributed by atoms with Gasteiger partial charge < -0.3 is 15.4 Å². The van der Waals surface area contributed by atoms with Crippen LogP contribution in [0.2, 0.25) is 0 Å². The second-order valence-corrected chi connectivity index (χ2v) is 7.29. The predicted octanol–water partition coefficient (Wildman–Crippen LogP) is 1.59. The van der Waals surface area contributed by atoms with Gasteiger partial charge in [-0.05, 0) is 31.7 Å². The first-order chi connectivity index (χ1) is 10.4. The quantitative estimate of drug-likeness (QED) is 0.813. The van der Waals surface area contributed by atoms with Gasteiger partial charge in [0.15, 0.2) is 0 Å². The van der Waals surface area contributed by atoms with Crippen molar-refractivity contribution in [3.05, 3.63) is 34.3 Å². The third-order valence-electron chi connectivity index (χ3n) is 4.75. The number of amides is 1. The van der Waals surface area contributed by atoms with E-state index in [-0.39, 0.29) is 30.5 Å². The molecular weight excluding hydrogens is 382 g/mol. The van der Waals surface area contributed by atoms with Crippen LogP contribution < -0.4 is 5.73 Å². The van der Waals surface area contributed by atoms with Crippen molar-refractivity contribution in [1.29, 1.82) is 0 Å². The van der Waals surface area contributed by atoms with E-state index in [1.165, 1.54) is 0 Å². The van der Waals surface area contributed by atoms with E-state index in [2.05, 4.69) is 27.9 Å². The van der Waals surface area contributed by atoms with Gasteiger partial charge in [0.2, 0.25) is 5.91 Å². The average molecular weight is 405 g/mol. The number of fused-ring (bicyclic) bond motifs is 1. The Hall–Kier alpha value is -0.660. The van der Waals surface area contributed by atoms with Crippen LogP contribution >= 0.6 is 28.3 Å². The molecule has 0 spiro atoms. The number of likely N-dealkylation sites (tertiary alicyclic amines) is 1. The number of carbonyl (C=O) groups excluding carboxylic acids is 1. The lowest BCUT2D eigenvalue weighted by atomic mass is 9.92. The minimum atomic E-state index is -1.02. The van der Waals surface area contributed by atoms with Crippen molar-refractivity contribution >= 4 is 34.2 Å². The molecule has 7 heteroatoms. The molecule has 1 aromatic rings. The van der Waals surface area contributed by atoms with E-state index in [1.807, 2.05) is 29.2 Å². The first-order valence-electron chi connectivity index (χ1n) is 7.56. The summed E-state index contributed by atoms with van der Waals surface area (Å²) in [6.07, 6.45) is 0.100. The maximum absolute atomic E-state index is 12.9. The molecule has 0 aliphatic carbocycles. The number of benzene rings is 1. The fourth-order valence-electron chi connectivity index (χ4n) is 3.27. The van der Waals surface area contributed by atoms with Gasteiger partial charge in [-0.3, -0.25) is 9.69 Å². The van der Waals surface area contributed by atoms with Crippen molar-refractivity contribution in [2.24, 2.45) is 5.73 Å². The number of morpholine rings is 1. The molecule has 5 nitrogen and oxygen atoms in total. The third-order valence-corrected chi connectivity index (χ3v) is 5.28. The summed E-state index contributed by atoms with van der Waals surface area (Å²) in [6.45, 7) is 4.73. The second-order valence-electron chi connectivity index (χ2n) is 6.38. The van der Waals surface area contributed by atoms with Crippen molar-refractivity contribution in [2.75, 3.05) is 33.3 Å². The number of ether oxygens (including phenoxy) is 1. The Balaban J connectivity index is 0.00000192. The Bertz CT molecular complexity index is 567. The SMILES string of the molecule is CN1CCOC2CN(C(=O)C(C)(N)c3ccc(Br)cc3)CC21.Cl. The van der Waals surface area contributed by atoms with Crippen LogP contribution in [0.3, 0.4) is 0 Å². The molecule has 2 N–H and O–H groups in total. The van der Waals surface area contributed by atoms with E-state index < -0.39 is 5.54 Å². The van der Waals surface area contributed by atoms with Gasteiger partial charge >= 0.3 is 0 Å². The Morgan fingerprint density at radius 1 is 1.35 bits per heavy atom. The number of carbonyl (C=O) groups is 1. The first kappa shape index (κ1) is 18.7. The highest BCUT2D eigenvalue weighted by molar-refractivity contribution is 9.10. The maximum atomic E-state index is 12.9. The molecule has 1 amide bonds. The molecule has 0 saturated carbocycles. The molecule has 2 aliphatic heterocycles. The summed E-state index contributed by atoms with van der Waals surface area (Å²) in [7, 11) is 2.09. The molecule has 2 saturated heterocycles.